The van der Waals surface area contributed by atoms with E-state index in [0.717, 1.165) is 0 Å². The molecule has 0 bridgehead atoms. The van der Waals surface area contributed by atoms with Crippen molar-refractivity contribution in [1.82, 2.24) is 0 Å². The summed E-state index contributed by atoms with van der Waals surface area (Å²) in [6, 6.07) is 0. The highest BCUT2D eigenvalue weighted by Gasteiger charge is 1.61. The summed E-state index contributed by atoms with van der Waals surface area (Å²) in [5.74, 6) is 0. The first-order valence-electron chi connectivity index (χ1n) is 1.25. The van der Waals surface area contributed by atoms with Crippen molar-refractivity contribution in [3.8, 4) is 0 Å². The Morgan fingerprint density at radius 1 is 1.12 bits per heavy atom. The van der Waals surface area contributed by atoms with E-state index >= 15 is 0 Å². The molecule has 0 spiro atoms. The van der Waals surface area contributed by atoms with Crippen molar-refractivity contribution in [3.05, 3.63) is 0 Å². The zero-order valence-corrected chi connectivity index (χ0v) is 10.2. The quantitative estimate of drug-likeness (QED) is 0.489. The van der Waals surface area contributed by atoms with Gasteiger partial charge in [-0.05, 0) is 25.1 Å². The van der Waals surface area contributed by atoms with Crippen LogP contribution in [0.15, 0.2) is 0 Å². The second-order valence-corrected chi connectivity index (χ2v) is 2.41. The van der Waals surface area contributed by atoms with E-state index in [9.17, 15) is 0 Å². The third-order valence-corrected chi connectivity index (χ3v) is 1.36. The third-order valence-electron chi connectivity index (χ3n) is 0.0505. The molecule has 3 unspecified atom stereocenters. The van der Waals surface area contributed by atoms with Crippen LogP contribution in [0.5, 0.6) is 0 Å². The van der Waals surface area contributed by atoms with Gasteiger partial charge in [0.2, 0.25) is 0 Å². The zero-order chi connectivity index (χ0) is 7.41. The van der Waals surface area contributed by atoms with Gasteiger partial charge >= 0.3 is 0 Å². The molecular formula is CH7Cl4P3. The van der Waals surface area contributed by atoms with Gasteiger partial charge in [0.05, 0.1) is 5.62 Å². The lowest BCUT2D eigenvalue weighted by atomic mass is 11.9. The van der Waals surface area contributed by atoms with Gasteiger partial charge in [0.25, 0.3) is 0 Å². The molecule has 0 aromatic rings. The average Bonchev–Trinajstić information content (AvgIpc) is 1.96. The Hall–Kier alpha value is 2.45. The van der Waals surface area contributed by atoms with E-state index < -0.39 is 0 Å². The number of alkyl halides is 1. The summed E-state index contributed by atoms with van der Waals surface area (Å²) in [7, 11) is 4.16. The fourth-order valence-corrected chi connectivity index (χ4v) is 0. The monoisotopic (exact) mass is 252 g/mol. The molecule has 54 valence electrons. The molecular weight excluding hydrogens is 247 g/mol. The largest absolute Gasteiger partial charge is 0.121 e. The van der Waals surface area contributed by atoms with Crippen LogP contribution in [0.3, 0.4) is 0 Å². The maximum Gasteiger partial charge on any atom is 0.0536 e. The minimum Gasteiger partial charge on any atom is -0.121 e. The molecule has 0 aliphatic rings. The van der Waals surface area contributed by atoms with Gasteiger partial charge in [0.15, 0.2) is 0 Å². The fraction of sp³-hybridized carbons (Fsp3) is 1.00. The number of rotatable bonds is 1. The molecule has 0 rings (SSSR count). The minimum atomic E-state index is 0.378. The highest BCUT2D eigenvalue weighted by atomic mass is 35.7. The predicted octanol–water partition coefficient (Wildman–Crippen LogP) is 4.05. The Morgan fingerprint density at radius 2 is 1.25 bits per heavy atom. The second kappa shape index (κ2) is 34.1. The van der Waals surface area contributed by atoms with Gasteiger partial charge in [-0.2, -0.15) is 0 Å². The molecule has 0 N–H and O–H groups in total. The summed E-state index contributed by atoms with van der Waals surface area (Å²) in [4.78, 5) is 0. The molecule has 0 radical (unpaired) electrons. The van der Waals surface area contributed by atoms with Gasteiger partial charge in [0, 0.05) is 0 Å². The van der Waals surface area contributed by atoms with Crippen molar-refractivity contribution < 1.29 is 0 Å². The Bertz CT molecular complexity index is 13.2. The molecule has 0 fully saturated rings. The fourth-order valence-electron chi connectivity index (χ4n) is 0. The van der Waals surface area contributed by atoms with E-state index in [4.69, 9.17) is 22.8 Å². The van der Waals surface area contributed by atoms with Crippen LogP contribution < -0.4 is 0 Å². The van der Waals surface area contributed by atoms with Gasteiger partial charge in [-0.15, -0.1) is 34.1 Å². The predicted molar refractivity (Wildman–Crippen MR) is 56.0 cm³/mol. The summed E-state index contributed by atoms with van der Waals surface area (Å²) >= 11 is 19.3. The first-order chi connectivity index (χ1) is 3.91. The SMILES string of the molecule is ClCPCl.PCl.PCl. The molecule has 3 atom stereocenters. The van der Waals surface area contributed by atoms with Crippen molar-refractivity contribution in [2.45, 2.75) is 0 Å². The lowest BCUT2D eigenvalue weighted by Gasteiger charge is -1.63. The number of halogens is 4. The molecule has 0 aromatic carbocycles. The molecule has 8 heavy (non-hydrogen) atoms. The van der Waals surface area contributed by atoms with E-state index in [2.05, 4.69) is 22.5 Å². The van der Waals surface area contributed by atoms with Crippen LogP contribution in [0.1, 0.15) is 0 Å². The van der Waals surface area contributed by atoms with Crippen LogP contribution in [-0.4, -0.2) is 5.62 Å². The van der Waals surface area contributed by atoms with Gasteiger partial charge in [-0.3, -0.25) is 0 Å². The van der Waals surface area contributed by atoms with Gasteiger partial charge < -0.3 is 0 Å². The normalized spacial score (nSPS) is 6.75. The van der Waals surface area contributed by atoms with E-state index in [1.165, 1.54) is 0 Å². The summed E-state index contributed by atoms with van der Waals surface area (Å²) in [6.45, 7) is 0. The van der Waals surface area contributed by atoms with Crippen molar-refractivity contribution >= 4 is 70.4 Å². The molecule has 0 amide bonds. The van der Waals surface area contributed by atoms with Gasteiger partial charge in [-0.1, -0.05) is 11.2 Å². The molecule has 0 saturated carbocycles. The Kier molecular flexibility index (Phi) is 71.6. The van der Waals surface area contributed by atoms with Crippen molar-refractivity contribution in [3.63, 3.8) is 0 Å². The van der Waals surface area contributed by atoms with E-state index in [-0.39, 0.29) is 0 Å². The van der Waals surface area contributed by atoms with Crippen molar-refractivity contribution in [2.75, 3.05) is 5.62 Å². The molecule has 0 aliphatic heterocycles. The van der Waals surface area contributed by atoms with Crippen molar-refractivity contribution in [2.24, 2.45) is 0 Å². The summed E-state index contributed by atoms with van der Waals surface area (Å²) in [5.41, 5.74) is 0.585. The van der Waals surface area contributed by atoms with Crippen LogP contribution in [-0.2, 0) is 0 Å². The van der Waals surface area contributed by atoms with Gasteiger partial charge in [-0.25, -0.2) is 0 Å². The highest BCUT2D eigenvalue weighted by Crippen LogP contribution is 2.15. The number of hydrogen-bond acceptors (Lipinski definition) is 0. The minimum absolute atomic E-state index is 0.378. The number of hydrogen-bond donors (Lipinski definition) is 0. The van der Waals surface area contributed by atoms with Crippen LogP contribution in [0.25, 0.3) is 0 Å². The average molecular weight is 254 g/mol. The lowest BCUT2D eigenvalue weighted by Crippen LogP contribution is -1.30. The first-order valence-corrected chi connectivity index (χ1v) is 7.49. The molecule has 0 aromatic heterocycles. The maximum absolute atomic E-state index is 5.08. The summed E-state index contributed by atoms with van der Waals surface area (Å²) < 4.78 is 0. The lowest BCUT2D eigenvalue weighted by molar-refractivity contribution is 2.25. The van der Waals surface area contributed by atoms with Crippen LogP contribution in [0.2, 0.25) is 0 Å². The van der Waals surface area contributed by atoms with Gasteiger partial charge in [0.1, 0.15) is 0 Å². The molecule has 0 aliphatic carbocycles. The maximum atomic E-state index is 5.08. The standard InChI is InChI=1S/CH3Cl2P.2ClH2P/c2-1-4-3;2*1-2/h4H,1H2;2*2H2. The molecule has 0 saturated heterocycles. The zero-order valence-electron chi connectivity index (χ0n) is 3.87. The Morgan fingerprint density at radius 3 is 1.25 bits per heavy atom. The van der Waals surface area contributed by atoms with E-state index in [1.807, 2.05) is 17.2 Å². The van der Waals surface area contributed by atoms with Crippen molar-refractivity contribution in [1.29, 1.82) is 0 Å². The van der Waals surface area contributed by atoms with E-state index in [1.54, 1.807) is 0 Å². The van der Waals surface area contributed by atoms with E-state index in [0.29, 0.717) is 13.6 Å². The topological polar surface area (TPSA) is 0 Å². The smallest absolute Gasteiger partial charge is 0.0536 e. The summed E-state index contributed by atoms with van der Waals surface area (Å²) in [5, 5.41) is 0. The van der Waals surface area contributed by atoms with Crippen LogP contribution in [0, 0.1) is 0 Å². The first kappa shape index (κ1) is 16.8. The Balaban J connectivity index is -0.0000000542. The Labute approximate surface area is 75.9 Å². The second-order valence-electron chi connectivity index (χ2n) is 0.267. The molecule has 0 heterocycles. The molecule has 7 heteroatoms. The van der Waals surface area contributed by atoms with Crippen LogP contribution in [0.4, 0.5) is 0 Å². The summed E-state index contributed by atoms with van der Waals surface area (Å²) in [6.07, 6.45) is 0. The third kappa shape index (κ3) is 39.4. The van der Waals surface area contributed by atoms with Crippen LogP contribution >= 0.6 is 70.4 Å². The highest BCUT2D eigenvalue weighted by molar-refractivity contribution is 7.69. The molecule has 0 nitrogen and oxygen atoms in total.